The summed E-state index contributed by atoms with van der Waals surface area (Å²) in [6.07, 6.45) is 3.25. The van der Waals surface area contributed by atoms with Gasteiger partial charge in [0.05, 0.1) is 17.3 Å². The first-order valence-corrected chi connectivity index (χ1v) is 12.6. The minimum atomic E-state index is -0.816. The fraction of sp³-hybridized carbons (Fsp3) is 0.577. The highest BCUT2D eigenvalue weighted by Gasteiger charge is 2.24. The molecule has 9 heteroatoms. The van der Waals surface area contributed by atoms with Crippen LogP contribution in [0.25, 0.3) is 10.8 Å². The zero-order chi connectivity index (χ0) is 24.9. The molecule has 9 nitrogen and oxygen atoms in total. The van der Waals surface area contributed by atoms with E-state index in [4.69, 9.17) is 5.41 Å². The number of hydrogen-bond donors (Lipinski definition) is 2. The molecule has 0 saturated carbocycles. The highest BCUT2D eigenvalue weighted by atomic mass is 16.1. The van der Waals surface area contributed by atoms with Crippen LogP contribution >= 0.6 is 0 Å². The molecule has 0 amide bonds. The zero-order valence-corrected chi connectivity index (χ0v) is 20.8. The summed E-state index contributed by atoms with van der Waals surface area (Å²) in [5.41, 5.74) is 1.45. The van der Waals surface area contributed by atoms with Crippen molar-refractivity contribution < 1.29 is 9.59 Å². The molecule has 0 spiro atoms. The molecular formula is C26H36N6O3. The maximum absolute atomic E-state index is 13.3. The van der Waals surface area contributed by atoms with Crippen molar-refractivity contribution in [1.82, 2.24) is 20.0 Å². The highest BCUT2D eigenvalue weighted by Crippen LogP contribution is 2.27. The summed E-state index contributed by atoms with van der Waals surface area (Å²) in [4.78, 5) is 42.1. The van der Waals surface area contributed by atoms with Crippen LogP contribution in [0.5, 0.6) is 0 Å². The second kappa shape index (κ2) is 11.2. The number of Topliss-reactive ketones (excluding diaryl/α,β-unsaturated/α-hetero) is 2. The zero-order valence-electron chi connectivity index (χ0n) is 20.8. The summed E-state index contributed by atoms with van der Waals surface area (Å²) in [6, 6.07) is 5.06. The number of benzene rings is 1. The third-order valence-corrected chi connectivity index (χ3v) is 7.38. The van der Waals surface area contributed by atoms with Crippen LogP contribution in [0.15, 0.2) is 23.0 Å². The van der Waals surface area contributed by atoms with Gasteiger partial charge in [-0.15, -0.1) is 0 Å². The van der Waals surface area contributed by atoms with Crippen LogP contribution in [-0.2, 0) is 9.59 Å². The van der Waals surface area contributed by atoms with Crippen LogP contribution < -0.4 is 15.8 Å². The molecule has 0 aliphatic carbocycles. The number of aromatic nitrogens is 2. The van der Waals surface area contributed by atoms with E-state index >= 15 is 0 Å². The monoisotopic (exact) mass is 480 g/mol. The van der Waals surface area contributed by atoms with Crippen LogP contribution in [-0.4, -0.2) is 78.3 Å². The Hall–Kier alpha value is -2.91. The van der Waals surface area contributed by atoms with Crippen molar-refractivity contribution in [1.29, 1.82) is 5.41 Å². The van der Waals surface area contributed by atoms with Crippen molar-refractivity contribution in [3.8, 4) is 0 Å². The Morgan fingerprint density at radius 1 is 1.17 bits per heavy atom. The number of carbonyl (C=O) groups excluding carboxylic acids is 2. The number of piperidine rings is 1. The van der Waals surface area contributed by atoms with E-state index in [9.17, 15) is 14.4 Å². The minimum absolute atomic E-state index is 0.0303. The summed E-state index contributed by atoms with van der Waals surface area (Å²) in [7, 11) is 0. The molecule has 3 heterocycles. The second-order valence-corrected chi connectivity index (χ2v) is 9.82. The van der Waals surface area contributed by atoms with Gasteiger partial charge >= 0.3 is 0 Å². The molecule has 2 fully saturated rings. The summed E-state index contributed by atoms with van der Waals surface area (Å²) in [5, 5.41) is 16.3. The molecule has 35 heavy (non-hydrogen) atoms. The molecule has 1 aromatic heterocycles. The molecular weight excluding hydrogens is 444 g/mol. The van der Waals surface area contributed by atoms with Gasteiger partial charge in [-0.05, 0) is 57.2 Å². The SMILES string of the molecule is CC(=O)C(CCC(=O)C=N)n1nc(C)c2cc(N3CCC(CN4CCNCC4)CC3)ccc2c1=O. The first-order valence-electron chi connectivity index (χ1n) is 12.6. The van der Waals surface area contributed by atoms with E-state index in [1.54, 1.807) is 0 Å². The van der Waals surface area contributed by atoms with Crippen LogP contribution in [0, 0.1) is 18.3 Å². The van der Waals surface area contributed by atoms with Crippen molar-refractivity contribution in [2.45, 2.75) is 45.6 Å². The molecule has 2 aliphatic rings. The lowest BCUT2D eigenvalue weighted by Crippen LogP contribution is -2.46. The number of carbonyl (C=O) groups is 2. The standard InChI is InChI=1S/C26H36N6O3/c1-18-24-15-21(31-11-7-20(8-12-31)17-30-13-9-28-10-14-30)3-5-23(24)26(35)32(29-18)25(19(2)33)6-4-22(34)16-27/h3,5,15-16,20,25,27-28H,4,6-14,17H2,1-2H3. The lowest BCUT2D eigenvalue weighted by atomic mass is 9.95. The molecule has 0 radical (unpaired) electrons. The Kier molecular flexibility index (Phi) is 8.07. The number of ketones is 2. The predicted octanol–water partition coefficient (Wildman–Crippen LogP) is 1.96. The highest BCUT2D eigenvalue weighted by molar-refractivity contribution is 6.26. The number of hydrogen-bond acceptors (Lipinski definition) is 8. The van der Waals surface area contributed by atoms with E-state index in [-0.39, 0.29) is 30.0 Å². The Morgan fingerprint density at radius 3 is 2.54 bits per heavy atom. The minimum Gasteiger partial charge on any atom is -0.371 e. The summed E-state index contributed by atoms with van der Waals surface area (Å²) >= 11 is 0. The molecule has 4 rings (SSSR count). The molecule has 2 aliphatic heterocycles. The van der Waals surface area contributed by atoms with Crippen molar-refractivity contribution >= 4 is 34.2 Å². The van der Waals surface area contributed by atoms with Gasteiger partial charge in [0, 0.05) is 63.3 Å². The van der Waals surface area contributed by atoms with E-state index in [2.05, 4.69) is 20.2 Å². The lowest BCUT2D eigenvalue weighted by molar-refractivity contribution is -0.121. The van der Waals surface area contributed by atoms with Crippen molar-refractivity contribution in [2.75, 3.05) is 50.7 Å². The van der Waals surface area contributed by atoms with Crippen LogP contribution in [0.4, 0.5) is 5.69 Å². The molecule has 1 unspecified atom stereocenters. The van der Waals surface area contributed by atoms with Crippen LogP contribution in [0.1, 0.15) is 44.3 Å². The maximum Gasteiger partial charge on any atom is 0.275 e. The maximum atomic E-state index is 13.3. The van der Waals surface area contributed by atoms with Gasteiger partial charge in [-0.2, -0.15) is 5.10 Å². The van der Waals surface area contributed by atoms with Crippen LogP contribution in [0.2, 0.25) is 0 Å². The number of fused-ring (bicyclic) bond motifs is 1. The summed E-state index contributed by atoms with van der Waals surface area (Å²) < 4.78 is 1.22. The quantitative estimate of drug-likeness (QED) is 0.528. The third kappa shape index (κ3) is 5.85. The van der Waals surface area contributed by atoms with Gasteiger partial charge in [0.1, 0.15) is 6.04 Å². The van der Waals surface area contributed by atoms with Gasteiger partial charge in [0.25, 0.3) is 5.56 Å². The van der Waals surface area contributed by atoms with E-state index < -0.39 is 6.04 Å². The van der Waals surface area contributed by atoms with Gasteiger partial charge in [0.15, 0.2) is 11.6 Å². The van der Waals surface area contributed by atoms with Crippen molar-refractivity contribution in [2.24, 2.45) is 5.92 Å². The van der Waals surface area contributed by atoms with E-state index in [0.29, 0.717) is 11.1 Å². The number of rotatable bonds is 9. The lowest BCUT2D eigenvalue weighted by Gasteiger charge is -2.37. The topological polar surface area (TPSA) is 111 Å². The van der Waals surface area contributed by atoms with Crippen LogP contribution in [0.3, 0.4) is 0 Å². The number of nitrogens with zero attached hydrogens (tertiary/aromatic N) is 4. The fourth-order valence-electron chi connectivity index (χ4n) is 5.29. The molecule has 1 aromatic carbocycles. The van der Waals surface area contributed by atoms with E-state index in [1.165, 1.54) is 18.2 Å². The molecule has 188 valence electrons. The molecule has 1 atom stereocenters. The Balaban J connectivity index is 1.50. The molecule has 2 aromatic rings. The van der Waals surface area contributed by atoms with Gasteiger partial charge in [-0.1, -0.05) is 0 Å². The van der Waals surface area contributed by atoms with Gasteiger partial charge < -0.3 is 20.5 Å². The molecule has 0 bridgehead atoms. The van der Waals surface area contributed by atoms with Crippen molar-refractivity contribution in [3.05, 3.63) is 34.2 Å². The molecule has 2 N–H and O–H groups in total. The fourth-order valence-corrected chi connectivity index (χ4v) is 5.29. The Labute approximate surface area is 206 Å². The molecule has 2 saturated heterocycles. The summed E-state index contributed by atoms with van der Waals surface area (Å²) in [5.74, 6) is 0.128. The van der Waals surface area contributed by atoms with E-state index in [1.807, 2.05) is 25.1 Å². The van der Waals surface area contributed by atoms with Crippen molar-refractivity contribution in [3.63, 3.8) is 0 Å². The first kappa shape index (κ1) is 25.2. The first-order chi connectivity index (χ1) is 16.9. The van der Waals surface area contributed by atoms with Gasteiger partial charge in [-0.25, -0.2) is 4.68 Å². The predicted molar refractivity (Wildman–Crippen MR) is 138 cm³/mol. The smallest absolute Gasteiger partial charge is 0.275 e. The number of aryl methyl sites for hydroxylation is 1. The van der Waals surface area contributed by atoms with Gasteiger partial charge in [-0.3, -0.25) is 14.4 Å². The van der Waals surface area contributed by atoms with E-state index in [0.717, 1.165) is 75.3 Å². The third-order valence-electron chi connectivity index (χ3n) is 7.38. The summed E-state index contributed by atoms with van der Waals surface area (Å²) in [6.45, 7) is 10.9. The normalized spacial score (nSPS) is 18.5. The second-order valence-electron chi connectivity index (χ2n) is 9.82. The Morgan fingerprint density at radius 2 is 1.89 bits per heavy atom. The average Bonchev–Trinajstić information content (AvgIpc) is 2.87. The largest absolute Gasteiger partial charge is 0.371 e. The average molecular weight is 481 g/mol. The number of anilines is 1. The number of nitrogens with one attached hydrogen (secondary N) is 2. The Bertz CT molecular complexity index is 1150. The number of piperazine rings is 1. The van der Waals surface area contributed by atoms with Gasteiger partial charge in [0.2, 0.25) is 0 Å².